The number of amides is 2. The molecular weight excluding hydrogens is 482 g/mol. The third-order valence-corrected chi connectivity index (χ3v) is 6.59. The fraction of sp³-hybridized carbons (Fsp3) is 0.200. The Balaban J connectivity index is 1.43. The number of nitrogens with zero attached hydrogens (tertiary/aromatic N) is 2. The second-order valence-electron chi connectivity index (χ2n) is 9.09. The molecule has 0 saturated heterocycles. The minimum absolute atomic E-state index is 0.329. The number of hydrogen-bond donors (Lipinski definition) is 1. The van der Waals surface area contributed by atoms with E-state index in [0.717, 1.165) is 41.0 Å². The molecule has 4 aromatic rings. The number of rotatable bonds is 6. The van der Waals surface area contributed by atoms with Crippen molar-refractivity contribution in [3.8, 4) is 5.75 Å². The molecule has 2 aromatic carbocycles. The second-order valence-corrected chi connectivity index (χ2v) is 9.09. The number of pyridine rings is 1. The number of methoxy groups -OCH3 is 1. The lowest BCUT2D eigenvalue weighted by atomic mass is 9.86. The lowest BCUT2D eigenvalue weighted by Gasteiger charge is -2.22. The number of carbonyl (C=O) groups excluding carboxylic acids is 3. The molecule has 0 atom stereocenters. The number of hydrogen-bond acceptors (Lipinski definition) is 6. The molecular formula is C30H27N3O5. The molecule has 0 fully saturated rings. The second kappa shape index (κ2) is 10.7. The number of aryl methyl sites for hydroxylation is 1. The highest BCUT2D eigenvalue weighted by atomic mass is 16.5. The van der Waals surface area contributed by atoms with Crippen LogP contribution in [0.25, 0.3) is 22.6 Å². The first kappa shape index (κ1) is 25.0. The number of aromatic nitrogens is 2. The van der Waals surface area contributed by atoms with Crippen LogP contribution in [0.5, 0.6) is 5.75 Å². The van der Waals surface area contributed by atoms with Crippen LogP contribution in [0.3, 0.4) is 0 Å². The fourth-order valence-corrected chi connectivity index (χ4v) is 4.74. The topological polar surface area (TPSA) is 99.5 Å². The van der Waals surface area contributed by atoms with Gasteiger partial charge in [-0.25, -0.2) is 9.78 Å². The van der Waals surface area contributed by atoms with Gasteiger partial charge >= 0.3 is 5.97 Å². The molecule has 192 valence electrons. The van der Waals surface area contributed by atoms with E-state index in [-0.39, 0.29) is 0 Å². The molecule has 0 spiro atoms. The van der Waals surface area contributed by atoms with E-state index in [1.54, 1.807) is 37.1 Å². The minimum atomic E-state index is -0.697. The van der Waals surface area contributed by atoms with E-state index >= 15 is 0 Å². The maximum Gasteiger partial charge on any atom is 0.339 e. The van der Waals surface area contributed by atoms with E-state index in [1.807, 2.05) is 48.5 Å². The SMILES string of the molecule is COc1ccc(/C=C2/CCCc3c2nc2ccccc2c3C(=O)OCC(=O)NC(=O)c2cccn2C)cc1. The van der Waals surface area contributed by atoms with Crippen LogP contribution in [0.2, 0.25) is 0 Å². The first-order chi connectivity index (χ1) is 18.4. The average Bonchev–Trinajstić information content (AvgIpc) is 3.37. The lowest BCUT2D eigenvalue weighted by molar-refractivity contribution is -0.123. The van der Waals surface area contributed by atoms with Gasteiger partial charge in [-0.1, -0.05) is 30.3 Å². The maximum absolute atomic E-state index is 13.4. The van der Waals surface area contributed by atoms with Gasteiger partial charge in [0.1, 0.15) is 11.4 Å². The summed E-state index contributed by atoms with van der Waals surface area (Å²) >= 11 is 0. The van der Waals surface area contributed by atoms with Crippen molar-refractivity contribution in [2.24, 2.45) is 7.05 Å². The van der Waals surface area contributed by atoms with Crippen LogP contribution in [0, 0.1) is 0 Å². The summed E-state index contributed by atoms with van der Waals surface area (Å²) in [5.41, 5.74) is 5.02. The van der Waals surface area contributed by atoms with Gasteiger partial charge in [0.25, 0.3) is 11.8 Å². The zero-order valence-electron chi connectivity index (χ0n) is 21.2. The van der Waals surface area contributed by atoms with Gasteiger partial charge in [-0.3, -0.25) is 14.9 Å². The molecule has 0 aliphatic heterocycles. The number of fused-ring (bicyclic) bond motifs is 2. The Bertz CT molecular complexity index is 1570. The predicted molar refractivity (Wildman–Crippen MR) is 144 cm³/mol. The standard InChI is InChI=1S/C30H27N3O5/c1-33-16-6-11-25(33)29(35)32-26(34)18-38-30(36)27-22-8-3-4-10-24(22)31-28-20(7-5-9-23(27)28)17-19-12-14-21(37-2)15-13-19/h3-4,6,8,10-17H,5,7,9,18H2,1-2H3,(H,32,34,35)/b20-17-. The third kappa shape index (κ3) is 5.06. The van der Waals surface area contributed by atoms with Crippen molar-refractivity contribution in [1.82, 2.24) is 14.9 Å². The molecule has 1 aliphatic rings. The van der Waals surface area contributed by atoms with Crippen molar-refractivity contribution < 1.29 is 23.9 Å². The van der Waals surface area contributed by atoms with Crippen LogP contribution in [-0.2, 0) is 23.0 Å². The Kier molecular flexibility index (Phi) is 7.04. The summed E-state index contributed by atoms with van der Waals surface area (Å²) in [5.74, 6) is -1.10. The van der Waals surface area contributed by atoms with Gasteiger partial charge in [0.15, 0.2) is 6.61 Å². The van der Waals surface area contributed by atoms with Crippen LogP contribution >= 0.6 is 0 Å². The molecule has 2 aromatic heterocycles. The highest BCUT2D eigenvalue weighted by Crippen LogP contribution is 2.36. The van der Waals surface area contributed by atoms with Crippen LogP contribution in [0.1, 0.15) is 50.5 Å². The van der Waals surface area contributed by atoms with Crippen molar-refractivity contribution in [2.75, 3.05) is 13.7 Å². The van der Waals surface area contributed by atoms with E-state index < -0.39 is 24.4 Å². The summed E-state index contributed by atoms with van der Waals surface area (Å²) in [4.78, 5) is 43.0. The number of para-hydroxylation sites is 1. The van der Waals surface area contributed by atoms with Crippen LogP contribution in [-0.4, -0.2) is 41.1 Å². The highest BCUT2D eigenvalue weighted by molar-refractivity contribution is 6.08. The van der Waals surface area contributed by atoms with Crippen LogP contribution in [0.15, 0.2) is 66.9 Å². The normalized spacial score (nSPS) is 13.7. The molecule has 0 saturated carbocycles. The summed E-state index contributed by atoms with van der Waals surface area (Å²) in [6.07, 6.45) is 6.12. The van der Waals surface area contributed by atoms with E-state index in [2.05, 4.69) is 11.4 Å². The zero-order chi connectivity index (χ0) is 26.6. The average molecular weight is 510 g/mol. The number of benzene rings is 2. The summed E-state index contributed by atoms with van der Waals surface area (Å²) in [5, 5.41) is 2.93. The predicted octanol–water partition coefficient (Wildman–Crippen LogP) is 4.57. The molecule has 2 amide bonds. The molecule has 0 bridgehead atoms. The lowest BCUT2D eigenvalue weighted by Crippen LogP contribution is -2.35. The van der Waals surface area contributed by atoms with Crippen molar-refractivity contribution in [2.45, 2.75) is 19.3 Å². The Labute approximate surface area is 219 Å². The van der Waals surface area contributed by atoms with Gasteiger partial charge in [0, 0.05) is 18.6 Å². The summed E-state index contributed by atoms with van der Waals surface area (Å²) in [6, 6.07) is 18.5. The Morgan fingerprint density at radius 2 is 1.82 bits per heavy atom. The smallest absolute Gasteiger partial charge is 0.339 e. The molecule has 5 rings (SSSR count). The van der Waals surface area contributed by atoms with Gasteiger partial charge in [0.2, 0.25) is 0 Å². The molecule has 2 heterocycles. The Morgan fingerprint density at radius 3 is 2.55 bits per heavy atom. The van der Waals surface area contributed by atoms with Crippen molar-refractivity contribution in [3.05, 3.63) is 94.9 Å². The molecule has 1 N–H and O–H groups in total. The van der Waals surface area contributed by atoms with Crippen LogP contribution in [0.4, 0.5) is 0 Å². The number of ether oxygens (including phenoxy) is 2. The monoisotopic (exact) mass is 509 g/mol. The highest BCUT2D eigenvalue weighted by Gasteiger charge is 2.26. The number of imide groups is 1. The Morgan fingerprint density at radius 1 is 1.03 bits per heavy atom. The third-order valence-electron chi connectivity index (χ3n) is 6.59. The Hall–Kier alpha value is -4.72. The summed E-state index contributed by atoms with van der Waals surface area (Å²) < 4.78 is 12.3. The number of carbonyl (C=O) groups is 3. The minimum Gasteiger partial charge on any atom is -0.497 e. The van der Waals surface area contributed by atoms with E-state index in [9.17, 15) is 14.4 Å². The van der Waals surface area contributed by atoms with Gasteiger partial charge in [-0.15, -0.1) is 0 Å². The van der Waals surface area contributed by atoms with E-state index in [1.165, 1.54) is 0 Å². The molecule has 38 heavy (non-hydrogen) atoms. The first-order valence-corrected chi connectivity index (χ1v) is 12.3. The van der Waals surface area contributed by atoms with E-state index in [4.69, 9.17) is 14.5 Å². The zero-order valence-corrected chi connectivity index (χ0v) is 21.2. The largest absolute Gasteiger partial charge is 0.497 e. The van der Waals surface area contributed by atoms with E-state index in [0.29, 0.717) is 28.6 Å². The van der Waals surface area contributed by atoms with Crippen molar-refractivity contribution in [3.63, 3.8) is 0 Å². The van der Waals surface area contributed by atoms with Crippen LogP contribution < -0.4 is 10.1 Å². The summed E-state index contributed by atoms with van der Waals surface area (Å²) in [7, 11) is 3.33. The van der Waals surface area contributed by atoms with Gasteiger partial charge in [-0.2, -0.15) is 0 Å². The molecule has 8 nitrogen and oxygen atoms in total. The first-order valence-electron chi connectivity index (χ1n) is 12.3. The quantitative estimate of drug-likeness (QED) is 0.382. The van der Waals surface area contributed by atoms with Crippen molar-refractivity contribution >= 4 is 40.3 Å². The summed E-state index contributed by atoms with van der Waals surface area (Å²) in [6.45, 7) is -0.574. The molecule has 0 unspecified atom stereocenters. The number of nitrogens with one attached hydrogen (secondary N) is 1. The molecule has 8 heteroatoms. The number of esters is 1. The van der Waals surface area contributed by atoms with Gasteiger partial charge in [0.05, 0.1) is 23.9 Å². The maximum atomic E-state index is 13.4. The fourth-order valence-electron chi connectivity index (χ4n) is 4.74. The van der Waals surface area contributed by atoms with Crippen molar-refractivity contribution in [1.29, 1.82) is 0 Å². The molecule has 1 aliphatic carbocycles. The van der Waals surface area contributed by atoms with Gasteiger partial charge in [-0.05, 0) is 72.4 Å². The number of allylic oxidation sites excluding steroid dienone is 1. The van der Waals surface area contributed by atoms with Gasteiger partial charge < -0.3 is 14.0 Å². The molecule has 0 radical (unpaired) electrons.